The number of β-amino-alcohol motifs (C(OH)–C–C–N with tert-alkyl or cyclic N) is 1. The smallest absolute Gasteiger partial charge is 0.122 e. The maximum Gasteiger partial charge on any atom is 0.122 e. The van der Waals surface area contributed by atoms with Gasteiger partial charge in [0.05, 0.1) is 0 Å². The van der Waals surface area contributed by atoms with Gasteiger partial charge < -0.3 is 14.7 Å². The van der Waals surface area contributed by atoms with Crippen molar-refractivity contribution in [2.45, 2.75) is 51.7 Å². The van der Waals surface area contributed by atoms with E-state index >= 15 is 0 Å². The Kier molecular flexibility index (Phi) is 5.05. The number of rotatable bonds is 5. The standard InChI is InChI=1S/C22H29NO2/c1-16-9-5-8-12-21(16)25-15-18(24)14-23-20-11-7-6-10-19(20)17(2)13-22(23,3)4/h5-12,17-18,24H,13-15H2,1-4H3. The molecular formula is C22H29NO2. The lowest BCUT2D eigenvalue weighted by molar-refractivity contribution is 0.106. The van der Waals surface area contributed by atoms with Crippen molar-refractivity contribution >= 4 is 5.69 Å². The third-order valence-electron chi connectivity index (χ3n) is 5.21. The van der Waals surface area contributed by atoms with Gasteiger partial charge in [0, 0.05) is 17.8 Å². The highest BCUT2D eigenvalue weighted by Crippen LogP contribution is 2.43. The average Bonchev–Trinajstić information content (AvgIpc) is 2.57. The Labute approximate surface area is 151 Å². The van der Waals surface area contributed by atoms with E-state index in [0.717, 1.165) is 17.7 Å². The number of benzene rings is 2. The van der Waals surface area contributed by atoms with Gasteiger partial charge in [-0.2, -0.15) is 0 Å². The highest BCUT2D eigenvalue weighted by molar-refractivity contribution is 5.59. The van der Waals surface area contributed by atoms with Crippen LogP contribution in [-0.4, -0.2) is 29.9 Å². The maximum atomic E-state index is 10.6. The summed E-state index contributed by atoms with van der Waals surface area (Å²) < 4.78 is 5.84. The van der Waals surface area contributed by atoms with Gasteiger partial charge in [0.25, 0.3) is 0 Å². The second kappa shape index (κ2) is 7.09. The van der Waals surface area contributed by atoms with Crippen molar-refractivity contribution in [3.8, 4) is 5.75 Å². The van der Waals surface area contributed by atoms with Gasteiger partial charge in [-0.1, -0.05) is 43.3 Å². The Morgan fingerprint density at radius 1 is 1.16 bits per heavy atom. The van der Waals surface area contributed by atoms with Crippen LogP contribution in [0.3, 0.4) is 0 Å². The van der Waals surface area contributed by atoms with E-state index in [1.807, 2.05) is 31.2 Å². The van der Waals surface area contributed by atoms with Crippen molar-refractivity contribution in [1.29, 1.82) is 0 Å². The van der Waals surface area contributed by atoms with E-state index in [9.17, 15) is 5.11 Å². The molecule has 0 amide bonds. The summed E-state index contributed by atoms with van der Waals surface area (Å²) in [6.07, 6.45) is 0.537. The molecule has 0 spiro atoms. The predicted molar refractivity (Wildman–Crippen MR) is 104 cm³/mol. The second-order valence-corrected chi connectivity index (χ2v) is 7.82. The molecule has 3 nitrogen and oxygen atoms in total. The molecule has 1 aliphatic heterocycles. The van der Waals surface area contributed by atoms with Gasteiger partial charge in [0.15, 0.2) is 0 Å². The van der Waals surface area contributed by atoms with Crippen LogP contribution >= 0.6 is 0 Å². The van der Waals surface area contributed by atoms with Crippen molar-refractivity contribution in [2.24, 2.45) is 0 Å². The van der Waals surface area contributed by atoms with E-state index in [2.05, 4.69) is 49.9 Å². The lowest BCUT2D eigenvalue weighted by Crippen LogP contribution is -2.52. The molecule has 1 heterocycles. The number of aliphatic hydroxyl groups excluding tert-OH is 1. The number of nitrogens with zero attached hydrogens (tertiary/aromatic N) is 1. The summed E-state index contributed by atoms with van der Waals surface area (Å²) >= 11 is 0. The fourth-order valence-corrected chi connectivity index (χ4v) is 3.96. The van der Waals surface area contributed by atoms with Crippen LogP contribution in [0.5, 0.6) is 5.75 Å². The van der Waals surface area contributed by atoms with Gasteiger partial charge in [-0.05, 0) is 56.4 Å². The zero-order valence-electron chi connectivity index (χ0n) is 15.7. The summed E-state index contributed by atoms with van der Waals surface area (Å²) in [5, 5.41) is 10.6. The minimum absolute atomic E-state index is 0.0113. The van der Waals surface area contributed by atoms with Gasteiger partial charge in [-0.25, -0.2) is 0 Å². The SMILES string of the molecule is Cc1ccccc1OCC(O)CN1c2ccccc2C(C)CC1(C)C. The van der Waals surface area contributed by atoms with Gasteiger partial charge in [-0.15, -0.1) is 0 Å². The van der Waals surface area contributed by atoms with Crippen LogP contribution < -0.4 is 9.64 Å². The summed E-state index contributed by atoms with van der Waals surface area (Å²) in [5.41, 5.74) is 3.71. The van der Waals surface area contributed by atoms with Crippen molar-refractivity contribution in [3.63, 3.8) is 0 Å². The van der Waals surface area contributed by atoms with Crippen molar-refractivity contribution in [3.05, 3.63) is 59.7 Å². The number of aryl methyl sites for hydroxylation is 1. The number of ether oxygens (including phenoxy) is 1. The van der Waals surface area contributed by atoms with Crippen LogP contribution in [0.15, 0.2) is 48.5 Å². The Bertz CT molecular complexity index is 725. The van der Waals surface area contributed by atoms with Crippen molar-refractivity contribution in [1.82, 2.24) is 0 Å². The Morgan fingerprint density at radius 3 is 2.60 bits per heavy atom. The quantitative estimate of drug-likeness (QED) is 0.869. The molecule has 0 radical (unpaired) electrons. The highest BCUT2D eigenvalue weighted by atomic mass is 16.5. The van der Waals surface area contributed by atoms with Gasteiger partial charge >= 0.3 is 0 Å². The first-order chi connectivity index (χ1) is 11.9. The molecule has 25 heavy (non-hydrogen) atoms. The number of hydrogen-bond donors (Lipinski definition) is 1. The summed E-state index contributed by atoms with van der Waals surface area (Å²) in [6, 6.07) is 16.5. The fourth-order valence-electron chi connectivity index (χ4n) is 3.96. The summed E-state index contributed by atoms with van der Waals surface area (Å²) in [5.74, 6) is 1.37. The first-order valence-electron chi connectivity index (χ1n) is 9.11. The average molecular weight is 339 g/mol. The summed E-state index contributed by atoms with van der Waals surface area (Å²) in [4.78, 5) is 2.34. The molecule has 2 aromatic carbocycles. The van der Waals surface area contributed by atoms with Crippen molar-refractivity contribution < 1.29 is 9.84 Å². The molecule has 0 saturated heterocycles. The molecule has 1 aliphatic rings. The Balaban J connectivity index is 1.72. The van der Waals surface area contributed by atoms with E-state index in [1.165, 1.54) is 11.3 Å². The topological polar surface area (TPSA) is 32.7 Å². The van der Waals surface area contributed by atoms with Crippen LogP contribution in [0.1, 0.15) is 44.2 Å². The van der Waals surface area contributed by atoms with Crippen LogP contribution in [0.4, 0.5) is 5.69 Å². The predicted octanol–water partition coefficient (Wildman–Crippen LogP) is 4.53. The zero-order chi connectivity index (χ0) is 18.0. The van der Waals surface area contributed by atoms with Crippen LogP contribution in [0, 0.1) is 6.92 Å². The van der Waals surface area contributed by atoms with E-state index in [1.54, 1.807) is 0 Å². The third kappa shape index (κ3) is 3.82. The fraction of sp³-hybridized carbons (Fsp3) is 0.455. The van der Waals surface area contributed by atoms with Crippen LogP contribution in [0.2, 0.25) is 0 Å². The molecule has 2 unspecified atom stereocenters. The largest absolute Gasteiger partial charge is 0.491 e. The van der Waals surface area contributed by atoms with E-state index < -0.39 is 6.10 Å². The Hall–Kier alpha value is -2.00. The molecule has 0 aliphatic carbocycles. The molecule has 0 aromatic heterocycles. The van der Waals surface area contributed by atoms with Crippen LogP contribution in [0.25, 0.3) is 0 Å². The molecule has 1 N–H and O–H groups in total. The monoisotopic (exact) mass is 339 g/mol. The molecule has 0 saturated carbocycles. The van der Waals surface area contributed by atoms with Gasteiger partial charge in [0.2, 0.25) is 0 Å². The minimum Gasteiger partial charge on any atom is -0.491 e. The molecule has 3 rings (SSSR count). The Morgan fingerprint density at radius 2 is 1.84 bits per heavy atom. The lowest BCUT2D eigenvalue weighted by Gasteiger charge is -2.48. The lowest BCUT2D eigenvalue weighted by atomic mass is 9.80. The number of para-hydroxylation sites is 2. The molecule has 0 fully saturated rings. The summed E-state index contributed by atoms with van der Waals surface area (Å²) in [7, 11) is 0. The second-order valence-electron chi connectivity index (χ2n) is 7.82. The summed E-state index contributed by atoms with van der Waals surface area (Å²) in [6.45, 7) is 9.70. The molecule has 3 heteroatoms. The highest BCUT2D eigenvalue weighted by Gasteiger charge is 2.36. The van der Waals surface area contributed by atoms with E-state index in [4.69, 9.17) is 4.74 Å². The molecular weight excluding hydrogens is 310 g/mol. The number of aliphatic hydroxyl groups is 1. The minimum atomic E-state index is -0.541. The van der Waals surface area contributed by atoms with E-state index in [0.29, 0.717) is 19.1 Å². The normalized spacial score (nSPS) is 20.0. The van der Waals surface area contributed by atoms with Crippen LogP contribution in [-0.2, 0) is 0 Å². The van der Waals surface area contributed by atoms with Crippen molar-refractivity contribution in [2.75, 3.05) is 18.1 Å². The molecule has 134 valence electrons. The van der Waals surface area contributed by atoms with E-state index in [-0.39, 0.29) is 5.54 Å². The number of hydrogen-bond acceptors (Lipinski definition) is 3. The zero-order valence-corrected chi connectivity index (χ0v) is 15.7. The number of anilines is 1. The van der Waals surface area contributed by atoms with Gasteiger partial charge in [-0.3, -0.25) is 0 Å². The third-order valence-corrected chi connectivity index (χ3v) is 5.21. The number of fused-ring (bicyclic) bond motifs is 1. The molecule has 2 atom stereocenters. The first kappa shape index (κ1) is 17.8. The maximum absolute atomic E-state index is 10.6. The molecule has 2 aromatic rings. The van der Waals surface area contributed by atoms with Gasteiger partial charge in [0.1, 0.15) is 18.5 Å². The molecule has 0 bridgehead atoms. The first-order valence-corrected chi connectivity index (χ1v) is 9.11.